The lowest BCUT2D eigenvalue weighted by Gasteiger charge is -2.39. The first kappa shape index (κ1) is 9.21. The Morgan fingerprint density at radius 1 is 1.29 bits per heavy atom. The van der Waals surface area contributed by atoms with Gasteiger partial charge in [0.1, 0.15) is 0 Å². The fourth-order valence-corrected chi connectivity index (χ4v) is 4.83. The van der Waals surface area contributed by atoms with E-state index in [2.05, 4.69) is 6.92 Å². The molecule has 0 aromatic heterocycles. The van der Waals surface area contributed by atoms with Gasteiger partial charge in [-0.1, -0.05) is 6.42 Å². The minimum absolute atomic E-state index is 0.652. The molecule has 3 aliphatic rings. The first-order valence-electron chi connectivity index (χ1n) is 6.44. The van der Waals surface area contributed by atoms with Crippen molar-refractivity contribution in [3.63, 3.8) is 0 Å². The van der Waals surface area contributed by atoms with E-state index in [1.807, 2.05) is 0 Å². The maximum Gasteiger partial charge on any atom is 0.0527 e. The maximum absolute atomic E-state index is 5.77. The van der Waals surface area contributed by atoms with Gasteiger partial charge in [0.05, 0.1) is 6.61 Å². The zero-order chi connectivity index (χ0) is 9.60. The van der Waals surface area contributed by atoms with Crippen molar-refractivity contribution >= 4 is 0 Å². The van der Waals surface area contributed by atoms with Crippen molar-refractivity contribution in [2.45, 2.75) is 45.4 Å². The summed E-state index contributed by atoms with van der Waals surface area (Å²) in [6.45, 7) is 4.12. The molecule has 0 saturated heterocycles. The van der Waals surface area contributed by atoms with Crippen LogP contribution in [0.2, 0.25) is 0 Å². The van der Waals surface area contributed by atoms with Gasteiger partial charge in [-0.05, 0) is 62.2 Å². The first-order valence-corrected chi connectivity index (χ1v) is 6.44. The molecule has 0 amide bonds. The maximum atomic E-state index is 5.77. The highest BCUT2D eigenvalue weighted by Gasteiger charge is 2.59. The molecule has 2 bridgehead atoms. The molecular weight excluding hydrogens is 172 g/mol. The summed E-state index contributed by atoms with van der Waals surface area (Å²) in [4.78, 5) is 0. The fraction of sp³-hybridized carbons (Fsp3) is 1.00. The van der Waals surface area contributed by atoms with Crippen molar-refractivity contribution in [3.8, 4) is 0 Å². The van der Waals surface area contributed by atoms with Crippen molar-refractivity contribution in [2.75, 3.05) is 13.2 Å². The molecule has 0 radical (unpaired) electrons. The average molecular weight is 194 g/mol. The standard InChI is InChI=1S/C13H22O/c1-2-14-9-13-7-3-4-12(13)10-5-6-11(13)8-10/h10-12H,2-9H2,1H3. The monoisotopic (exact) mass is 194 g/mol. The van der Waals surface area contributed by atoms with E-state index in [-0.39, 0.29) is 0 Å². The Labute approximate surface area is 87.2 Å². The predicted molar refractivity (Wildman–Crippen MR) is 57.1 cm³/mol. The molecule has 3 rings (SSSR count). The van der Waals surface area contributed by atoms with Crippen LogP contribution in [0.5, 0.6) is 0 Å². The topological polar surface area (TPSA) is 9.23 Å². The lowest BCUT2D eigenvalue weighted by atomic mass is 9.68. The second-order valence-electron chi connectivity index (χ2n) is 5.64. The molecule has 1 heteroatoms. The number of rotatable bonds is 3. The largest absolute Gasteiger partial charge is 0.381 e. The van der Waals surface area contributed by atoms with E-state index in [4.69, 9.17) is 4.74 Å². The number of hydrogen-bond acceptors (Lipinski definition) is 1. The second-order valence-corrected chi connectivity index (χ2v) is 5.64. The zero-order valence-electron chi connectivity index (χ0n) is 9.30. The third-order valence-electron chi connectivity index (χ3n) is 5.33. The second kappa shape index (κ2) is 3.23. The van der Waals surface area contributed by atoms with E-state index in [9.17, 15) is 0 Å². The molecule has 4 unspecified atom stereocenters. The fourth-order valence-electron chi connectivity index (χ4n) is 4.83. The summed E-state index contributed by atoms with van der Waals surface area (Å²) in [6, 6.07) is 0. The van der Waals surface area contributed by atoms with Crippen LogP contribution in [-0.4, -0.2) is 13.2 Å². The molecule has 0 aliphatic heterocycles. The Morgan fingerprint density at radius 2 is 2.21 bits per heavy atom. The lowest BCUT2D eigenvalue weighted by molar-refractivity contribution is -0.00794. The predicted octanol–water partition coefficient (Wildman–Crippen LogP) is 3.24. The Balaban J connectivity index is 1.81. The minimum Gasteiger partial charge on any atom is -0.381 e. The molecule has 14 heavy (non-hydrogen) atoms. The molecule has 4 atom stereocenters. The van der Waals surface area contributed by atoms with Crippen LogP contribution in [0.15, 0.2) is 0 Å². The van der Waals surface area contributed by atoms with E-state index >= 15 is 0 Å². The van der Waals surface area contributed by atoms with Crippen LogP contribution in [0.1, 0.15) is 45.4 Å². The Bertz CT molecular complexity index is 225. The summed E-state index contributed by atoms with van der Waals surface area (Å²) in [5.74, 6) is 3.17. The van der Waals surface area contributed by atoms with Crippen molar-refractivity contribution in [2.24, 2.45) is 23.2 Å². The van der Waals surface area contributed by atoms with E-state index in [1.165, 1.54) is 38.5 Å². The normalized spacial score (nSPS) is 49.9. The number of hydrogen-bond donors (Lipinski definition) is 0. The summed E-state index contributed by atoms with van der Waals surface area (Å²) in [7, 11) is 0. The van der Waals surface area contributed by atoms with Crippen molar-refractivity contribution in [1.82, 2.24) is 0 Å². The third-order valence-corrected chi connectivity index (χ3v) is 5.33. The molecular formula is C13H22O. The number of fused-ring (bicyclic) bond motifs is 5. The van der Waals surface area contributed by atoms with Crippen LogP contribution in [0.25, 0.3) is 0 Å². The molecule has 0 aromatic rings. The van der Waals surface area contributed by atoms with Gasteiger partial charge in [-0.15, -0.1) is 0 Å². The van der Waals surface area contributed by atoms with Gasteiger partial charge in [0, 0.05) is 6.61 Å². The molecule has 0 aromatic carbocycles. The Morgan fingerprint density at radius 3 is 3.07 bits per heavy atom. The number of ether oxygens (including phenoxy) is 1. The van der Waals surface area contributed by atoms with E-state index < -0.39 is 0 Å². The molecule has 3 fully saturated rings. The van der Waals surface area contributed by atoms with Crippen LogP contribution >= 0.6 is 0 Å². The highest BCUT2D eigenvalue weighted by atomic mass is 16.5. The molecule has 3 aliphatic carbocycles. The van der Waals surface area contributed by atoms with Gasteiger partial charge < -0.3 is 4.74 Å². The zero-order valence-corrected chi connectivity index (χ0v) is 9.30. The van der Waals surface area contributed by atoms with Gasteiger partial charge in [0.2, 0.25) is 0 Å². The molecule has 3 saturated carbocycles. The van der Waals surface area contributed by atoms with Crippen LogP contribution in [0, 0.1) is 23.2 Å². The summed E-state index contributed by atoms with van der Waals surface area (Å²) in [6.07, 6.45) is 9.03. The molecule has 0 spiro atoms. The summed E-state index contributed by atoms with van der Waals surface area (Å²) >= 11 is 0. The lowest BCUT2D eigenvalue weighted by Crippen LogP contribution is -2.36. The van der Waals surface area contributed by atoms with Gasteiger partial charge in [-0.3, -0.25) is 0 Å². The van der Waals surface area contributed by atoms with Gasteiger partial charge in [-0.2, -0.15) is 0 Å². The van der Waals surface area contributed by atoms with Crippen LogP contribution < -0.4 is 0 Å². The molecule has 0 heterocycles. The third kappa shape index (κ3) is 1.05. The molecule has 0 N–H and O–H groups in total. The smallest absolute Gasteiger partial charge is 0.0527 e. The summed E-state index contributed by atoms with van der Waals surface area (Å²) < 4.78 is 5.77. The Hall–Kier alpha value is -0.0400. The van der Waals surface area contributed by atoms with Crippen LogP contribution in [0.3, 0.4) is 0 Å². The van der Waals surface area contributed by atoms with Crippen LogP contribution in [-0.2, 0) is 4.74 Å². The van der Waals surface area contributed by atoms with Crippen molar-refractivity contribution in [1.29, 1.82) is 0 Å². The van der Waals surface area contributed by atoms with Crippen molar-refractivity contribution in [3.05, 3.63) is 0 Å². The van der Waals surface area contributed by atoms with E-state index in [0.717, 1.165) is 31.0 Å². The Kier molecular flexibility index (Phi) is 2.12. The molecule has 1 nitrogen and oxygen atoms in total. The quantitative estimate of drug-likeness (QED) is 0.670. The molecule has 80 valence electrons. The van der Waals surface area contributed by atoms with E-state index in [1.54, 1.807) is 0 Å². The van der Waals surface area contributed by atoms with Gasteiger partial charge in [-0.25, -0.2) is 0 Å². The first-order chi connectivity index (χ1) is 6.87. The van der Waals surface area contributed by atoms with Gasteiger partial charge in [0.25, 0.3) is 0 Å². The van der Waals surface area contributed by atoms with E-state index in [0.29, 0.717) is 5.41 Å². The van der Waals surface area contributed by atoms with Gasteiger partial charge in [0.15, 0.2) is 0 Å². The highest BCUT2D eigenvalue weighted by Crippen LogP contribution is 2.66. The minimum atomic E-state index is 0.652. The summed E-state index contributed by atoms with van der Waals surface area (Å²) in [5, 5.41) is 0. The highest BCUT2D eigenvalue weighted by molar-refractivity contribution is 5.08. The van der Waals surface area contributed by atoms with Crippen molar-refractivity contribution < 1.29 is 4.74 Å². The summed E-state index contributed by atoms with van der Waals surface area (Å²) in [5.41, 5.74) is 0.652. The average Bonchev–Trinajstić information content (AvgIpc) is 2.86. The SMILES string of the molecule is CCOCC12CCCC1C1CCC2C1. The van der Waals surface area contributed by atoms with Gasteiger partial charge >= 0.3 is 0 Å². The van der Waals surface area contributed by atoms with Crippen LogP contribution in [0.4, 0.5) is 0 Å².